The molecule has 2 aromatic rings. The van der Waals surface area contributed by atoms with Crippen LogP contribution >= 0.6 is 12.2 Å². The van der Waals surface area contributed by atoms with Crippen molar-refractivity contribution in [1.29, 1.82) is 0 Å². The van der Waals surface area contributed by atoms with Crippen LogP contribution in [0, 0.1) is 20.8 Å². The molecule has 6 heteroatoms. The third kappa shape index (κ3) is 4.28. The minimum absolute atomic E-state index is 0.277. The minimum Gasteiger partial charge on any atom is -0.454 e. The second kappa shape index (κ2) is 7.53. The van der Waals surface area contributed by atoms with Gasteiger partial charge < -0.3 is 14.8 Å². The molecule has 25 heavy (non-hydrogen) atoms. The molecule has 0 atom stereocenters. The van der Waals surface area contributed by atoms with Gasteiger partial charge in [0, 0.05) is 12.1 Å². The molecule has 3 rings (SSSR count). The summed E-state index contributed by atoms with van der Waals surface area (Å²) in [6, 6.07) is 10.1. The summed E-state index contributed by atoms with van der Waals surface area (Å²) in [4.78, 5) is 0. The van der Waals surface area contributed by atoms with Gasteiger partial charge >= 0.3 is 0 Å². The van der Waals surface area contributed by atoms with Crippen molar-refractivity contribution in [3.63, 3.8) is 0 Å². The Balaban J connectivity index is 1.53. The lowest BCUT2D eigenvalue weighted by molar-refractivity contribution is 0.174. The van der Waals surface area contributed by atoms with Gasteiger partial charge in [-0.15, -0.1) is 0 Å². The first-order valence-electron chi connectivity index (χ1n) is 8.06. The van der Waals surface area contributed by atoms with E-state index in [1.807, 2.05) is 18.2 Å². The number of fused-ring (bicyclic) bond motifs is 1. The molecule has 0 radical (unpaired) electrons. The lowest BCUT2D eigenvalue weighted by Crippen LogP contribution is -2.31. The predicted molar refractivity (Wildman–Crippen MR) is 103 cm³/mol. The molecule has 0 fully saturated rings. The van der Waals surface area contributed by atoms with Gasteiger partial charge in [0.1, 0.15) is 0 Å². The molecule has 1 heterocycles. The van der Waals surface area contributed by atoms with Crippen LogP contribution < -0.4 is 20.2 Å². The highest BCUT2D eigenvalue weighted by atomic mass is 32.1. The zero-order valence-corrected chi connectivity index (χ0v) is 15.4. The lowest BCUT2D eigenvalue weighted by atomic mass is 10.0. The van der Waals surface area contributed by atoms with E-state index in [-0.39, 0.29) is 6.79 Å². The van der Waals surface area contributed by atoms with E-state index in [4.69, 9.17) is 21.7 Å². The van der Waals surface area contributed by atoms with Crippen LogP contribution in [0.2, 0.25) is 0 Å². The molecule has 0 unspecified atom stereocenters. The fourth-order valence-corrected chi connectivity index (χ4v) is 2.95. The molecule has 0 amide bonds. The first-order valence-corrected chi connectivity index (χ1v) is 8.47. The number of nitrogens with zero attached hydrogens (tertiary/aromatic N) is 1. The molecule has 1 aliphatic heterocycles. The van der Waals surface area contributed by atoms with E-state index >= 15 is 0 Å². The number of hydrazone groups is 1. The summed E-state index contributed by atoms with van der Waals surface area (Å²) in [7, 11) is 0. The van der Waals surface area contributed by atoms with Gasteiger partial charge in [-0.3, -0.25) is 5.43 Å². The van der Waals surface area contributed by atoms with Crippen LogP contribution in [-0.4, -0.2) is 18.1 Å². The van der Waals surface area contributed by atoms with Gasteiger partial charge in [0.25, 0.3) is 0 Å². The summed E-state index contributed by atoms with van der Waals surface area (Å²) in [5, 5.41) is 7.83. The second-order valence-electron chi connectivity index (χ2n) is 6.05. The molecule has 5 nitrogen and oxygen atoms in total. The molecule has 0 bridgehead atoms. The van der Waals surface area contributed by atoms with Gasteiger partial charge in [0.05, 0.1) is 6.21 Å². The molecule has 0 saturated carbocycles. The van der Waals surface area contributed by atoms with Crippen LogP contribution in [0.4, 0.5) is 0 Å². The van der Waals surface area contributed by atoms with E-state index in [2.05, 4.69) is 48.7 Å². The fraction of sp³-hybridized carbons (Fsp3) is 0.263. The maximum atomic E-state index is 5.37. The molecule has 0 saturated heterocycles. The molecular formula is C19H21N3O2S. The summed E-state index contributed by atoms with van der Waals surface area (Å²) in [6.07, 6.45) is 1.80. The quantitative estimate of drug-likeness (QED) is 0.500. The third-order valence-corrected chi connectivity index (χ3v) is 4.22. The summed E-state index contributed by atoms with van der Waals surface area (Å²) in [6.45, 7) is 7.11. The molecule has 2 aromatic carbocycles. The summed E-state index contributed by atoms with van der Waals surface area (Å²) in [5.41, 5.74) is 8.67. The highest BCUT2D eigenvalue weighted by Gasteiger charge is 2.13. The first kappa shape index (κ1) is 17.2. The second-order valence-corrected chi connectivity index (χ2v) is 6.46. The number of hydrogen-bond acceptors (Lipinski definition) is 4. The van der Waals surface area contributed by atoms with Crippen molar-refractivity contribution in [2.24, 2.45) is 5.10 Å². The highest BCUT2D eigenvalue weighted by molar-refractivity contribution is 7.80. The van der Waals surface area contributed by atoms with Gasteiger partial charge in [0.2, 0.25) is 6.79 Å². The lowest BCUT2D eigenvalue weighted by Gasteiger charge is -2.09. The predicted octanol–water partition coefficient (Wildman–Crippen LogP) is 3.34. The Morgan fingerprint density at radius 2 is 1.84 bits per heavy atom. The van der Waals surface area contributed by atoms with E-state index in [0.717, 1.165) is 22.6 Å². The van der Waals surface area contributed by atoms with Crippen molar-refractivity contribution in [2.45, 2.75) is 27.3 Å². The van der Waals surface area contributed by atoms with Crippen molar-refractivity contribution in [2.75, 3.05) is 6.79 Å². The topological polar surface area (TPSA) is 54.9 Å². The summed E-state index contributed by atoms with van der Waals surface area (Å²) < 4.78 is 10.7. The Morgan fingerprint density at radius 1 is 1.12 bits per heavy atom. The van der Waals surface area contributed by atoms with Crippen LogP contribution in [0.3, 0.4) is 0 Å². The van der Waals surface area contributed by atoms with E-state index in [9.17, 15) is 0 Å². The van der Waals surface area contributed by atoms with Gasteiger partial charge in [-0.1, -0.05) is 23.8 Å². The van der Waals surface area contributed by atoms with E-state index < -0.39 is 0 Å². The standard InChI is InChI=1S/C19H21N3O2S/c1-12-6-13(2)16(14(3)7-12)10-21-22-19(25)20-9-15-4-5-17-18(8-15)24-11-23-17/h4-8,10H,9,11H2,1-3H3,(H2,20,22,25)/b21-10-. The maximum Gasteiger partial charge on any atom is 0.231 e. The van der Waals surface area contributed by atoms with Gasteiger partial charge in [-0.05, 0) is 61.8 Å². The van der Waals surface area contributed by atoms with Crippen molar-refractivity contribution >= 4 is 23.5 Å². The molecule has 0 aliphatic carbocycles. The van der Waals surface area contributed by atoms with E-state index in [0.29, 0.717) is 11.7 Å². The van der Waals surface area contributed by atoms with E-state index in [1.54, 1.807) is 6.21 Å². The number of thiocarbonyl (C=S) groups is 1. The van der Waals surface area contributed by atoms with Gasteiger partial charge in [-0.2, -0.15) is 5.10 Å². The zero-order valence-electron chi connectivity index (χ0n) is 14.6. The van der Waals surface area contributed by atoms with E-state index in [1.165, 1.54) is 16.7 Å². The van der Waals surface area contributed by atoms with Crippen LogP contribution in [0.1, 0.15) is 27.8 Å². The molecule has 0 aromatic heterocycles. The number of ether oxygens (including phenoxy) is 2. The van der Waals surface area contributed by atoms with Crippen LogP contribution in [0.25, 0.3) is 0 Å². The Hall–Kier alpha value is -2.60. The van der Waals surface area contributed by atoms with Crippen molar-refractivity contribution in [1.82, 2.24) is 10.7 Å². The molecule has 130 valence electrons. The monoisotopic (exact) mass is 355 g/mol. The highest BCUT2D eigenvalue weighted by Crippen LogP contribution is 2.32. The molecular weight excluding hydrogens is 334 g/mol. The Kier molecular flexibility index (Phi) is 5.19. The summed E-state index contributed by atoms with van der Waals surface area (Å²) >= 11 is 5.26. The average molecular weight is 355 g/mol. The summed E-state index contributed by atoms with van der Waals surface area (Å²) in [5.74, 6) is 1.54. The SMILES string of the molecule is Cc1cc(C)c(/C=N\NC(=S)NCc2ccc3c(c2)OCO3)c(C)c1. The Labute approximate surface area is 153 Å². The van der Waals surface area contributed by atoms with Crippen molar-refractivity contribution < 1.29 is 9.47 Å². The van der Waals surface area contributed by atoms with Gasteiger partial charge in [0.15, 0.2) is 16.6 Å². The fourth-order valence-electron chi connectivity index (χ4n) is 2.82. The zero-order chi connectivity index (χ0) is 17.8. The molecule has 0 spiro atoms. The number of hydrogen-bond donors (Lipinski definition) is 2. The van der Waals surface area contributed by atoms with Crippen LogP contribution in [0.5, 0.6) is 11.5 Å². The average Bonchev–Trinajstić information content (AvgIpc) is 3.03. The van der Waals surface area contributed by atoms with Crippen LogP contribution in [-0.2, 0) is 6.54 Å². The number of rotatable bonds is 4. The number of benzene rings is 2. The first-order chi connectivity index (χ1) is 12.0. The largest absolute Gasteiger partial charge is 0.454 e. The Bertz CT molecular complexity index is 810. The third-order valence-electron chi connectivity index (χ3n) is 3.99. The van der Waals surface area contributed by atoms with Crippen molar-refractivity contribution in [3.05, 3.63) is 58.1 Å². The normalized spacial score (nSPS) is 12.4. The number of aryl methyl sites for hydroxylation is 3. The maximum absolute atomic E-state index is 5.37. The number of nitrogens with one attached hydrogen (secondary N) is 2. The smallest absolute Gasteiger partial charge is 0.231 e. The Morgan fingerprint density at radius 3 is 2.60 bits per heavy atom. The molecule has 1 aliphatic rings. The minimum atomic E-state index is 0.277. The van der Waals surface area contributed by atoms with Crippen LogP contribution in [0.15, 0.2) is 35.4 Å². The molecule has 2 N–H and O–H groups in total. The van der Waals surface area contributed by atoms with Crippen molar-refractivity contribution in [3.8, 4) is 11.5 Å². The van der Waals surface area contributed by atoms with Gasteiger partial charge in [-0.25, -0.2) is 0 Å².